The first kappa shape index (κ1) is 13.7. The van der Waals surface area contributed by atoms with E-state index in [-0.39, 0.29) is 0 Å². The molecule has 1 N–H and O–H groups in total. The van der Waals surface area contributed by atoms with Crippen molar-refractivity contribution in [2.45, 2.75) is 39.7 Å². The summed E-state index contributed by atoms with van der Waals surface area (Å²) in [6, 6.07) is 2.39. The number of halogens is 1. The van der Waals surface area contributed by atoms with Crippen molar-refractivity contribution in [3.63, 3.8) is 0 Å². The fourth-order valence-corrected chi connectivity index (χ4v) is 2.81. The van der Waals surface area contributed by atoms with Crippen molar-refractivity contribution in [3.05, 3.63) is 21.5 Å². The number of fused-ring (bicyclic) bond motifs is 1. The molecule has 2 aromatic heterocycles. The van der Waals surface area contributed by atoms with Crippen LogP contribution in [0.3, 0.4) is 0 Å². The number of aromatic nitrogens is 3. The predicted molar refractivity (Wildman–Crippen MR) is 81.4 cm³/mol. The van der Waals surface area contributed by atoms with Crippen LogP contribution in [0.15, 0.2) is 16.7 Å². The lowest BCUT2D eigenvalue weighted by molar-refractivity contribution is 0.442. The zero-order valence-corrected chi connectivity index (χ0v) is 13.3. The second-order valence-corrected chi connectivity index (χ2v) is 6.45. The van der Waals surface area contributed by atoms with E-state index in [4.69, 9.17) is 12.2 Å². The van der Waals surface area contributed by atoms with Gasteiger partial charge in [0.15, 0.2) is 10.4 Å². The summed E-state index contributed by atoms with van der Waals surface area (Å²) in [7, 11) is 0. The second kappa shape index (κ2) is 5.53. The third-order valence-corrected chi connectivity index (χ3v) is 3.86. The molecule has 0 aliphatic rings. The summed E-state index contributed by atoms with van der Waals surface area (Å²) in [4.78, 5) is 7.69. The average molecular weight is 328 g/mol. The van der Waals surface area contributed by atoms with Crippen LogP contribution in [0.4, 0.5) is 0 Å². The number of imidazole rings is 1. The monoisotopic (exact) mass is 327 g/mol. The van der Waals surface area contributed by atoms with E-state index in [1.807, 2.05) is 12.3 Å². The predicted octanol–water partition coefficient (Wildman–Crippen LogP) is 4.85. The SMILES string of the molecule is CC(C)CCC(C)n1c(=S)[nH]c2cc(Br)cnc21. The summed E-state index contributed by atoms with van der Waals surface area (Å²) < 4.78 is 3.85. The average Bonchev–Trinajstić information content (AvgIpc) is 2.61. The van der Waals surface area contributed by atoms with E-state index in [1.54, 1.807) is 0 Å². The highest BCUT2D eigenvalue weighted by molar-refractivity contribution is 9.10. The molecule has 2 aromatic rings. The number of pyridine rings is 1. The van der Waals surface area contributed by atoms with Crippen LogP contribution in [-0.2, 0) is 0 Å². The van der Waals surface area contributed by atoms with Gasteiger partial charge in [0.25, 0.3) is 0 Å². The molecule has 18 heavy (non-hydrogen) atoms. The lowest BCUT2D eigenvalue weighted by Crippen LogP contribution is -2.07. The molecular weight excluding hydrogens is 310 g/mol. The molecule has 0 spiro atoms. The lowest BCUT2D eigenvalue weighted by Gasteiger charge is -2.15. The Morgan fingerprint density at radius 3 is 2.78 bits per heavy atom. The minimum atomic E-state index is 0.377. The molecule has 0 aliphatic heterocycles. The van der Waals surface area contributed by atoms with Gasteiger partial charge in [-0.15, -0.1) is 0 Å². The van der Waals surface area contributed by atoms with Gasteiger partial charge in [0.1, 0.15) is 0 Å². The molecule has 2 rings (SSSR count). The Kier molecular flexibility index (Phi) is 4.22. The van der Waals surface area contributed by atoms with E-state index in [2.05, 4.69) is 51.2 Å². The first-order chi connectivity index (χ1) is 8.49. The molecular formula is C13H18BrN3S. The van der Waals surface area contributed by atoms with Gasteiger partial charge in [-0.25, -0.2) is 4.98 Å². The number of H-pyrrole nitrogens is 1. The summed E-state index contributed by atoms with van der Waals surface area (Å²) in [6.45, 7) is 6.70. The van der Waals surface area contributed by atoms with E-state index >= 15 is 0 Å². The summed E-state index contributed by atoms with van der Waals surface area (Å²) in [6.07, 6.45) is 4.14. The van der Waals surface area contributed by atoms with Gasteiger partial charge >= 0.3 is 0 Å². The second-order valence-electron chi connectivity index (χ2n) is 5.15. The van der Waals surface area contributed by atoms with Crippen molar-refractivity contribution in [1.82, 2.24) is 14.5 Å². The van der Waals surface area contributed by atoms with Crippen molar-refractivity contribution in [2.24, 2.45) is 5.92 Å². The summed E-state index contributed by atoms with van der Waals surface area (Å²) in [5.41, 5.74) is 1.94. The van der Waals surface area contributed by atoms with Gasteiger partial charge in [0, 0.05) is 16.7 Å². The molecule has 3 nitrogen and oxygen atoms in total. The highest BCUT2D eigenvalue weighted by atomic mass is 79.9. The minimum Gasteiger partial charge on any atom is -0.329 e. The largest absolute Gasteiger partial charge is 0.329 e. The van der Waals surface area contributed by atoms with E-state index in [0.29, 0.717) is 12.0 Å². The molecule has 0 aliphatic carbocycles. The number of nitrogens with one attached hydrogen (secondary N) is 1. The van der Waals surface area contributed by atoms with E-state index in [1.165, 1.54) is 6.42 Å². The number of aromatic amines is 1. The normalized spacial score (nSPS) is 13.4. The van der Waals surface area contributed by atoms with Crippen LogP contribution >= 0.6 is 28.1 Å². The molecule has 0 bridgehead atoms. The topological polar surface area (TPSA) is 33.6 Å². The van der Waals surface area contributed by atoms with Gasteiger partial charge in [0.2, 0.25) is 0 Å². The number of hydrogen-bond acceptors (Lipinski definition) is 2. The molecule has 98 valence electrons. The Morgan fingerprint density at radius 2 is 2.11 bits per heavy atom. The molecule has 1 atom stereocenters. The summed E-state index contributed by atoms with van der Waals surface area (Å²) in [5, 5.41) is 0. The molecule has 0 saturated carbocycles. The van der Waals surface area contributed by atoms with Crippen LogP contribution in [-0.4, -0.2) is 14.5 Å². The molecule has 1 unspecified atom stereocenters. The standard InChI is InChI=1S/C13H18BrN3S/c1-8(2)4-5-9(3)17-12-11(16-13(17)18)6-10(14)7-15-12/h6-9H,4-5H2,1-3H3,(H,16,18). The molecule has 0 aromatic carbocycles. The number of rotatable bonds is 4. The fourth-order valence-electron chi connectivity index (χ4n) is 2.10. The Bertz CT molecular complexity index is 600. The van der Waals surface area contributed by atoms with E-state index < -0.39 is 0 Å². The maximum Gasteiger partial charge on any atom is 0.179 e. The minimum absolute atomic E-state index is 0.377. The zero-order chi connectivity index (χ0) is 13.3. The maximum absolute atomic E-state index is 5.40. The first-order valence-electron chi connectivity index (χ1n) is 6.24. The van der Waals surface area contributed by atoms with Crippen LogP contribution in [0.2, 0.25) is 0 Å². The third kappa shape index (κ3) is 2.83. The van der Waals surface area contributed by atoms with Crippen LogP contribution < -0.4 is 0 Å². The van der Waals surface area contributed by atoms with Crippen molar-refractivity contribution in [3.8, 4) is 0 Å². The quantitative estimate of drug-likeness (QED) is 0.814. The first-order valence-corrected chi connectivity index (χ1v) is 7.45. The van der Waals surface area contributed by atoms with Crippen molar-refractivity contribution < 1.29 is 0 Å². The number of nitrogens with zero attached hydrogens (tertiary/aromatic N) is 2. The lowest BCUT2D eigenvalue weighted by atomic mass is 10.0. The smallest absolute Gasteiger partial charge is 0.179 e. The van der Waals surface area contributed by atoms with Gasteiger partial charge in [-0.2, -0.15) is 0 Å². The van der Waals surface area contributed by atoms with Gasteiger partial charge in [-0.1, -0.05) is 13.8 Å². The van der Waals surface area contributed by atoms with Crippen molar-refractivity contribution in [1.29, 1.82) is 0 Å². The Hall–Kier alpha value is -0.680. The molecule has 2 heterocycles. The maximum atomic E-state index is 5.40. The number of hydrogen-bond donors (Lipinski definition) is 1. The Morgan fingerprint density at radius 1 is 1.39 bits per heavy atom. The van der Waals surface area contributed by atoms with Crippen LogP contribution in [0, 0.1) is 10.7 Å². The van der Waals surface area contributed by atoms with Crippen LogP contribution in [0.5, 0.6) is 0 Å². The Balaban J connectivity index is 2.38. The molecule has 0 radical (unpaired) electrons. The summed E-state index contributed by atoms with van der Waals surface area (Å²) >= 11 is 8.83. The highest BCUT2D eigenvalue weighted by Crippen LogP contribution is 2.23. The molecule has 0 amide bonds. The van der Waals surface area contributed by atoms with Crippen LogP contribution in [0.1, 0.15) is 39.7 Å². The third-order valence-electron chi connectivity index (χ3n) is 3.12. The van der Waals surface area contributed by atoms with Gasteiger partial charge in [-0.3, -0.25) is 4.57 Å². The Labute approximate surface area is 121 Å². The molecule has 0 saturated heterocycles. The van der Waals surface area contributed by atoms with Crippen molar-refractivity contribution in [2.75, 3.05) is 0 Å². The van der Waals surface area contributed by atoms with Gasteiger partial charge < -0.3 is 4.98 Å². The highest BCUT2D eigenvalue weighted by Gasteiger charge is 2.12. The summed E-state index contributed by atoms with van der Waals surface area (Å²) in [5.74, 6) is 0.717. The molecule has 0 fully saturated rings. The van der Waals surface area contributed by atoms with E-state index in [0.717, 1.165) is 26.8 Å². The fraction of sp³-hybridized carbons (Fsp3) is 0.538. The van der Waals surface area contributed by atoms with Crippen molar-refractivity contribution >= 4 is 39.3 Å². The molecule has 5 heteroatoms. The van der Waals surface area contributed by atoms with Gasteiger partial charge in [0.05, 0.1) is 5.52 Å². The van der Waals surface area contributed by atoms with Crippen LogP contribution in [0.25, 0.3) is 11.2 Å². The van der Waals surface area contributed by atoms with E-state index in [9.17, 15) is 0 Å². The van der Waals surface area contributed by atoms with Gasteiger partial charge in [-0.05, 0) is 59.9 Å². The zero-order valence-electron chi connectivity index (χ0n) is 10.9.